The Morgan fingerprint density at radius 2 is 2.24 bits per heavy atom. The summed E-state index contributed by atoms with van der Waals surface area (Å²) in [6.07, 6.45) is 3.31. The van der Waals surface area contributed by atoms with Gasteiger partial charge in [-0.1, -0.05) is 0 Å². The number of aromatic nitrogens is 2. The molecule has 0 atom stereocenters. The molecule has 1 saturated heterocycles. The summed E-state index contributed by atoms with van der Waals surface area (Å²) in [4.78, 5) is 15.5. The van der Waals surface area contributed by atoms with Gasteiger partial charge in [-0.3, -0.25) is 0 Å². The van der Waals surface area contributed by atoms with Gasteiger partial charge in [-0.25, -0.2) is 9.78 Å². The first kappa shape index (κ1) is 11.9. The molecule has 0 bridgehead atoms. The van der Waals surface area contributed by atoms with Crippen molar-refractivity contribution in [3.05, 3.63) is 12.0 Å². The molecule has 0 radical (unpaired) electrons. The SMILES string of the molecule is COC(=O)c1ncn(C2(C)CCOCC2)c1N. The van der Waals surface area contributed by atoms with Crippen LogP contribution in [0, 0.1) is 0 Å². The van der Waals surface area contributed by atoms with E-state index in [2.05, 4.69) is 16.6 Å². The van der Waals surface area contributed by atoms with Gasteiger partial charge < -0.3 is 19.8 Å². The minimum Gasteiger partial charge on any atom is -0.464 e. The summed E-state index contributed by atoms with van der Waals surface area (Å²) >= 11 is 0. The molecule has 2 rings (SSSR count). The zero-order valence-corrected chi connectivity index (χ0v) is 10.1. The Kier molecular flexibility index (Phi) is 3.06. The number of nitrogens with zero attached hydrogens (tertiary/aromatic N) is 2. The maximum atomic E-state index is 11.4. The minimum absolute atomic E-state index is 0.137. The molecule has 2 heterocycles. The molecule has 6 heteroatoms. The van der Waals surface area contributed by atoms with E-state index in [4.69, 9.17) is 10.5 Å². The lowest BCUT2D eigenvalue weighted by Gasteiger charge is -2.35. The number of hydrogen-bond donors (Lipinski definition) is 1. The average Bonchev–Trinajstić information content (AvgIpc) is 2.72. The number of nitrogens with two attached hydrogens (primary N) is 1. The number of carbonyl (C=O) groups excluding carboxylic acids is 1. The van der Waals surface area contributed by atoms with Crippen LogP contribution in [-0.4, -0.2) is 35.8 Å². The summed E-state index contributed by atoms with van der Waals surface area (Å²) < 4.78 is 11.8. The number of carbonyl (C=O) groups is 1. The van der Waals surface area contributed by atoms with Crippen LogP contribution in [0.1, 0.15) is 30.3 Å². The van der Waals surface area contributed by atoms with Crippen molar-refractivity contribution >= 4 is 11.8 Å². The summed E-state index contributed by atoms with van der Waals surface area (Å²) in [7, 11) is 1.32. The highest BCUT2D eigenvalue weighted by molar-refractivity contribution is 5.92. The molecular weight excluding hydrogens is 222 g/mol. The van der Waals surface area contributed by atoms with E-state index in [0.717, 1.165) is 12.8 Å². The largest absolute Gasteiger partial charge is 0.464 e. The number of rotatable bonds is 2. The molecule has 6 nitrogen and oxygen atoms in total. The predicted molar refractivity (Wildman–Crippen MR) is 61.7 cm³/mol. The lowest BCUT2D eigenvalue weighted by Crippen LogP contribution is -2.37. The van der Waals surface area contributed by atoms with Crippen LogP contribution in [0.2, 0.25) is 0 Å². The van der Waals surface area contributed by atoms with Gasteiger partial charge in [0.05, 0.1) is 13.4 Å². The molecule has 1 fully saturated rings. The molecule has 1 aliphatic heterocycles. The third kappa shape index (κ3) is 2.00. The van der Waals surface area contributed by atoms with Gasteiger partial charge in [0.1, 0.15) is 5.82 Å². The number of hydrogen-bond acceptors (Lipinski definition) is 5. The molecule has 1 aliphatic rings. The van der Waals surface area contributed by atoms with E-state index in [0.29, 0.717) is 19.0 Å². The molecule has 0 aliphatic carbocycles. The van der Waals surface area contributed by atoms with E-state index in [1.807, 2.05) is 4.57 Å². The van der Waals surface area contributed by atoms with Crippen molar-refractivity contribution in [3.8, 4) is 0 Å². The van der Waals surface area contributed by atoms with Crippen LogP contribution < -0.4 is 5.73 Å². The molecule has 94 valence electrons. The zero-order valence-electron chi connectivity index (χ0n) is 10.1. The van der Waals surface area contributed by atoms with Gasteiger partial charge in [0.2, 0.25) is 0 Å². The highest BCUT2D eigenvalue weighted by Gasteiger charge is 2.32. The Hall–Kier alpha value is -1.56. The Morgan fingerprint density at radius 1 is 1.59 bits per heavy atom. The molecule has 0 amide bonds. The first-order valence-electron chi connectivity index (χ1n) is 5.58. The Bertz CT molecular complexity index is 422. The second-order valence-corrected chi connectivity index (χ2v) is 4.45. The van der Waals surface area contributed by atoms with Crippen LogP contribution in [0.15, 0.2) is 6.33 Å². The molecule has 1 aromatic rings. The molecular formula is C11H17N3O3. The molecule has 0 unspecified atom stereocenters. The Balaban J connectivity index is 2.33. The van der Waals surface area contributed by atoms with Gasteiger partial charge in [-0.15, -0.1) is 0 Å². The Morgan fingerprint density at radius 3 is 2.82 bits per heavy atom. The van der Waals surface area contributed by atoms with Crippen molar-refractivity contribution in [2.45, 2.75) is 25.3 Å². The number of imidazole rings is 1. The lowest BCUT2D eigenvalue weighted by molar-refractivity contribution is 0.0303. The normalized spacial score (nSPS) is 18.9. The summed E-state index contributed by atoms with van der Waals surface area (Å²) in [6, 6.07) is 0. The quantitative estimate of drug-likeness (QED) is 0.771. The number of anilines is 1. The van der Waals surface area contributed by atoms with Crippen molar-refractivity contribution in [1.29, 1.82) is 0 Å². The standard InChI is InChI=1S/C11H17N3O3/c1-11(3-5-17-6-4-11)14-7-13-8(9(14)12)10(15)16-2/h7H,3-6,12H2,1-2H3. The van der Waals surface area contributed by atoms with Crippen LogP contribution >= 0.6 is 0 Å². The van der Waals surface area contributed by atoms with Gasteiger partial charge >= 0.3 is 5.97 Å². The summed E-state index contributed by atoms with van der Waals surface area (Å²) in [5.74, 6) is -0.141. The van der Waals surface area contributed by atoms with Gasteiger partial charge in [0.25, 0.3) is 0 Å². The first-order chi connectivity index (χ1) is 8.08. The number of nitrogen functional groups attached to an aromatic ring is 1. The number of methoxy groups -OCH3 is 1. The second kappa shape index (κ2) is 4.37. The second-order valence-electron chi connectivity index (χ2n) is 4.45. The highest BCUT2D eigenvalue weighted by Crippen LogP contribution is 2.31. The smallest absolute Gasteiger partial charge is 0.360 e. The predicted octanol–water partition coefficient (Wildman–Crippen LogP) is 0.778. The van der Waals surface area contributed by atoms with Crippen molar-refractivity contribution in [2.75, 3.05) is 26.1 Å². The van der Waals surface area contributed by atoms with Crippen molar-refractivity contribution < 1.29 is 14.3 Å². The van der Waals surface area contributed by atoms with E-state index >= 15 is 0 Å². The van der Waals surface area contributed by atoms with Gasteiger partial charge in [0, 0.05) is 18.8 Å². The number of ether oxygens (including phenoxy) is 2. The van der Waals surface area contributed by atoms with Crippen LogP contribution in [0.5, 0.6) is 0 Å². The van der Waals surface area contributed by atoms with Crippen LogP contribution in [0.4, 0.5) is 5.82 Å². The van der Waals surface area contributed by atoms with Gasteiger partial charge in [-0.05, 0) is 19.8 Å². The van der Waals surface area contributed by atoms with E-state index in [-0.39, 0.29) is 11.2 Å². The van der Waals surface area contributed by atoms with E-state index in [1.54, 1.807) is 6.33 Å². The van der Waals surface area contributed by atoms with Crippen molar-refractivity contribution in [3.63, 3.8) is 0 Å². The molecule has 0 saturated carbocycles. The van der Waals surface area contributed by atoms with E-state index < -0.39 is 5.97 Å². The third-order valence-corrected chi connectivity index (χ3v) is 3.33. The lowest BCUT2D eigenvalue weighted by atomic mass is 9.92. The summed E-state index contributed by atoms with van der Waals surface area (Å²) in [5.41, 5.74) is 6.00. The fraction of sp³-hybridized carbons (Fsp3) is 0.636. The van der Waals surface area contributed by atoms with Gasteiger partial charge in [0.15, 0.2) is 5.69 Å². The zero-order chi connectivity index (χ0) is 12.5. The maximum absolute atomic E-state index is 11.4. The highest BCUT2D eigenvalue weighted by atomic mass is 16.5. The fourth-order valence-electron chi connectivity index (χ4n) is 2.09. The average molecular weight is 239 g/mol. The minimum atomic E-state index is -0.503. The molecule has 2 N–H and O–H groups in total. The van der Waals surface area contributed by atoms with E-state index in [9.17, 15) is 4.79 Å². The van der Waals surface area contributed by atoms with Gasteiger partial charge in [-0.2, -0.15) is 0 Å². The summed E-state index contributed by atoms with van der Waals surface area (Å²) in [6.45, 7) is 3.48. The summed E-state index contributed by atoms with van der Waals surface area (Å²) in [5, 5.41) is 0. The van der Waals surface area contributed by atoms with Crippen LogP contribution in [0.25, 0.3) is 0 Å². The van der Waals surface area contributed by atoms with Crippen molar-refractivity contribution in [2.24, 2.45) is 0 Å². The topological polar surface area (TPSA) is 79.4 Å². The Labute approximate surface area is 99.7 Å². The maximum Gasteiger partial charge on any atom is 0.360 e. The first-order valence-corrected chi connectivity index (χ1v) is 5.58. The van der Waals surface area contributed by atoms with Crippen LogP contribution in [-0.2, 0) is 15.0 Å². The molecule has 1 aromatic heterocycles. The molecule has 0 aromatic carbocycles. The van der Waals surface area contributed by atoms with E-state index in [1.165, 1.54) is 7.11 Å². The number of esters is 1. The molecule has 0 spiro atoms. The van der Waals surface area contributed by atoms with Crippen molar-refractivity contribution in [1.82, 2.24) is 9.55 Å². The monoisotopic (exact) mass is 239 g/mol. The fourth-order valence-corrected chi connectivity index (χ4v) is 2.09. The van der Waals surface area contributed by atoms with Crippen LogP contribution in [0.3, 0.4) is 0 Å². The molecule has 17 heavy (non-hydrogen) atoms. The third-order valence-electron chi connectivity index (χ3n) is 3.33.